The predicted molar refractivity (Wildman–Crippen MR) is 68.9 cm³/mol. The highest BCUT2D eigenvalue weighted by Gasteiger charge is 2.33. The molecular weight excluding hydrogens is 215 g/mol. The average Bonchev–Trinajstić information content (AvgIpc) is 2.49. The lowest BCUT2D eigenvalue weighted by Crippen LogP contribution is -2.40. The minimum Gasteiger partial charge on any atom is -0.383 e. The Hall–Kier alpha value is -1.25. The fourth-order valence-corrected chi connectivity index (χ4v) is 3.16. The van der Waals surface area contributed by atoms with Gasteiger partial charge in [0, 0.05) is 12.1 Å². The lowest BCUT2D eigenvalue weighted by atomic mass is 9.79. The monoisotopic (exact) mass is 234 g/mol. The summed E-state index contributed by atoms with van der Waals surface area (Å²) in [5, 5.41) is 7.01. The highest BCUT2D eigenvalue weighted by atomic mass is 19.1. The average molecular weight is 234 g/mol. The second-order valence-corrected chi connectivity index (χ2v) is 5.33. The van der Waals surface area contributed by atoms with Gasteiger partial charge < -0.3 is 10.6 Å². The summed E-state index contributed by atoms with van der Waals surface area (Å²) in [5.41, 5.74) is 2.17. The Morgan fingerprint density at radius 2 is 1.82 bits per heavy atom. The van der Waals surface area contributed by atoms with Crippen LogP contribution in [0.25, 0.3) is 0 Å². The van der Waals surface area contributed by atoms with Crippen molar-refractivity contribution in [3.63, 3.8) is 0 Å². The van der Waals surface area contributed by atoms with E-state index in [0.717, 1.165) is 24.3 Å². The van der Waals surface area contributed by atoms with E-state index in [1.165, 1.54) is 38.2 Å². The SMILES string of the molecule is Fc1ccc2c(c1)NC1(CCCCC1)CCN2. The van der Waals surface area contributed by atoms with Gasteiger partial charge in [-0.1, -0.05) is 19.3 Å². The van der Waals surface area contributed by atoms with Gasteiger partial charge in [0.15, 0.2) is 0 Å². The van der Waals surface area contributed by atoms with Crippen molar-refractivity contribution in [2.45, 2.75) is 44.1 Å². The van der Waals surface area contributed by atoms with Crippen LogP contribution in [0.15, 0.2) is 18.2 Å². The number of nitrogens with one attached hydrogen (secondary N) is 2. The first-order valence-electron chi connectivity index (χ1n) is 6.59. The molecule has 1 aromatic rings. The standard InChI is InChI=1S/C14H19FN2/c15-11-4-5-12-13(10-11)17-14(8-9-16-12)6-2-1-3-7-14/h4-5,10,16-17H,1-3,6-9H2. The minimum atomic E-state index is -0.161. The van der Waals surface area contributed by atoms with Gasteiger partial charge in [0.2, 0.25) is 0 Å². The predicted octanol–water partition coefficient (Wildman–Crippen LogP) is 3.76. The highest BCUT2D eigenvalue weighted by molar-refractivity contribution is 5.70. The zero-order valence-corrected chi connectivity index (χ0v) is 10.1. The van der Waals surface area contributed by atoms with E-state index >= 15 is 0 Å². The zero-order chi connectivity index (χ0) is 11.7. The van der Waals surface area contributed by atoms with Gasteiger partial charge in [-0.25, -0.2) is 4.39 Å². The molecule has 17 heavy (non-hydrogen) atoms. The molecule has 1 aliphatic carbocycles. The summed E-state index contributed by atoms with van der Waals surface area (Å²) < 4.78 is 13.3. The largest absolute Gasteiger partial charge is 0.383 e. The maximum atomic E-state index is 13.3. The Balaban J connectivity index is 1.92. The Morgan fingerprint density at radius 3 is 2.65 bits per heavy atom. The molecule has 3 rings (SSSR count). The molecule has 0 bridgehead atoms. The molecule has 0 saturated heterocycles. The molecule has 0 aromatic heterocycles. The van der Waals surface area contributed by atoms with Crippen LogP contribution >= 0.6 is 0 Å². The molecule has 2 aliphatic rings. The van der Waals surface area contributed by atoms with Crippen LogP contribution in [0.4, 0.5) is 15.8 Å². The van der Waals surface area contributed by atoms with Crippen molar-refractivity contribution in [1.29, 1.82) is 0 Å². The molecule has 1 saturated carbocycles. The van der Waals surface area contributed by atoms with Gasteiger partial charge in [-0.2, -0.15) is 0 Å². The lowest BCUT2D eigenvalue weighted by molar-refractivity contribution is 0.313. The van der Waals surface area contributed by atoms with Gasteiger partial charge in [0.25, 0.3) is 0 Å². The molecule has 1 heterocycles. The van der Waals surface area contributed by atoms with Gasteiger partial charge in [-0.05, 0) is 37.5 Å². The van der Waals surface area contributed by atoms with E-state index in [0.29, 0.717) is 0 Å². The van der Waals surface area contributed by atoms with Crippen molar-refractivity contribution in [3.05, 3.63) is 24.0 Å². The Morgan fingerprint density at radius 1 is 1.00 bits per heavy atom. The molecule has 1 spiro atoms. The molecule has 2 nitrogen and oxygen atoms in total. The van der Waals surface area contributed by atoms with Crippen LogP contribution in [0.2, 0.25) is 0 Å². The molecule has 92 valence electrons. The molecule has 1 fully saturated rings. The van der Waals surface area contributed by atoms with Crippen molar-refractivity contribution in [2.24, 2.45) is 0 Å². The second kappa shape index (κ2) is 4.21. The third kappa shape index (κ3) is 2.11. The second-order valence-electron chi connectivity index (χ2n) is 5.33. The van der Waals surface area contributed by atoms with Crippen molar-refractivity contribution in [3.8, 4) is 0 Å². The van der Waals surface area contributed by atoms with Crippen molar-refractivity contribution in [1.82, 2.24) is 0 Å². The normalized spacial score (nSPS) is 22.2. The smallest absolute Gasteiger partial charge is 0.125 e. The number of hydrogen-bond donors (Lipinski definition) is 2. The van der Waals surface area contributed by atoms with E-state index in [1.54, 1.807) is 6.07 Å². The van der Waals surface area contributed by atoms with E-state index in [-0.39, 0.29) is 11.4 Å². The van der Waals surface area contributed by atoms with Crippen LogP contribution in [-0.2, 0) is 0 Å². The van der Waals surface area contributed by atoms with Gasteiger partial charge in [-0.15, -0.1) is 0 Å². The van der Waals surface area contributed by atoms with Crippen LogP contribution in [0.5, 0.6) is 0 Å². The maximum Gasteiger partial charge on any atom is 0.125 e. The Labute approximate surface area is 102 Å². The van der Waals surface area contributed by atoms with Gasteiger partial charge in [0.1, 0.15) is 5.82 Å². The van der Waals surface area contributed by atoms with E-state index in [9.17, 15) is 4.39 Å². The van der Waals surface area contributed by atoms with E-state index in [4.69, 9.17) is 0 Å². The Kier molecular flexibility index (Phi) is 2.69. The fraction of sp³-hybridized carbons (Fsp3) is 0.571. The molecule has 3 heteroatoms. The number of fused-ring (bicyclic) bond motifs is 1. The topological polar surface area (TPSA) is 24.1 Å². The number of benzene rings is 1. The molecule has 0 radical (unpaired) electrons. The van der Waals surface area contributed by atoms with Crippen molar-refractivity contribution >= 4 is 11.4 Å². The maximum absolute atomic E-state index is 13.3. The molecule has 2 N–H and O–H groups in total. The van der Waals surface area contributed by atoms with E-state index < -0.39 is 0 Å². The first-order chi connectivity index (χ1) is 8.27. The fourth-order valence-electron chi connectivity index (χ4n) is 3.16. The summed E-state index contributed by atoms with van der Waals surface area (Å²) in [4.78, 5) is 0. The summed E-state index contributed by atoms with van der Waals surface area (Å²) in [7, 11) is 0. The molecule has 0 amide bonds. The highest BCUT2D eigenvalue weighted by Crippen LogP contribution is 2.38. The summed E-state index contributed by atoms with van der Waals surface area (Å²) in [6.07, 6.45) is 7.47. The van der Waals surface area contributed by atoms with Crippen LogP contribution < -0.4 is 10.6 Å². The quantitative estimate of drug-likeness (QED) is 0.714. The number of halogens is 1. The molecular formula is C14H19FN2. The summed E-state index contributed by atoms with van der Waals surface area (Å²) in [5.74, 6) is -0.161. The van der Waals surface area contributed by atoms with Crippen LogP contribution in [0.3, 0.4) is 0 Å². The number of anilines is 2. The molecule has 0 unspecified atom stereocenters. The first kappa shape index (κ1) is 10.9. The first-order valence-corrected chi connectivity index (χ1v) is 6.59. The van der Waals surface area contributed by atoms with Crippen LogP contribution in [-0.4, -0.2) is 12.1 Å². The van der Waals surface area contributed by atoms with Crippen LogP contribution in [0.1, 0.15) is 38.5 Å². The third-order valence-electron chi connectivity index (χ3n) is 4.11. The molecule has 1 aliphatic heterocycles. The van der Waals surface area contributed by atoms with Crippen molar-refractivity contribution < 1.29 is 4.39 Å². The summed E-state index contributed by atoms with van der Waals surface area (Å²) in [6.45, 7) is 0.978. The van der Waals surface area contributed by atoms with E-state index in [2.05, 4.69) is 10.6 Å². The van der Waals surface area contributed by atoms with Crippen LogP contribution in [0, 0.1) is 5.82 Å². The summed E-state index contributed by atoms with van der Waals surface area (Å²) in [6, 6.07) is 4.97. The van der Waals surface area contributed by atoms with Gasteiger partial charge >= 0.3 is 0 Å². The number of hydrogen-bond acceptors (Lipinski definition) is 2. The summed E-state index contributed by atoms with van der Waals surface area (Å²) >= 11 is 0. The van der Waals surface area contributed by atoms with E-state index in [1.807, 2.05) is 6.07 Å². The number of rotatable bonds is 0. The van der Waals surface area contributed by atoms with Gasteiger partial charge in [0.05, 0.1) is 11.4 Å². The Bertz CT molecular complexity index is 411. The zero-order valence-electron chi connectivity index (χ0n) is 10.1. The molecule has 0 atom stereocenters. The van der Waals surface area contributed by atoms with Crippen molar-refractivity contribution in [2.75, 3.05) is 17.2 Å². The minimum absolute atomic E-state index is 0.161. The lowest BCUT2D eigenvalue weighted by Gasteiger charge is -2.38. The third-order valence-corrected chi connectivity index (χ3v) is 4.11. The van der Waals surface area contributed by atoms with Gasteiger partial charge in [-0.3, -0.25) is 0 Å². The molecule has 1 aromatic carbocycles.